The summed E-state index contributed by atoms with van der Waals surface area (Å²) in [7, 11) is -7.82. The van der Waals surface area contributed by atoms with Gasteiger partial charge in [-0.3, -0.25) is 4.18 Å². The van der Waals surface area contributed by atoms with Gasteiger partial charge in [-0.15, -0.1) is 0 Å². The Kier molecular flexibility index (Phi) is 7.20. The molecule has 0 radical (unpaired) electrons. The van der Waals surface area contributed by atoms with E-state index in [0.29, 0.717) is 16.3 Å². The number of carbonyl (C=O) groups excluding carboxylic acids is 1. The molecule has 0 saturated heterocycles. The predicted octanol–water partition coefficient (Wildman–Crippen LogP) is 2.50. The second-order valence-electron chi connectivity index (χ2n) is 6.67. The lowest BCUT2D eigenvalue weighted by atomic mass is 10.2. The molecular weight excluding hydrogens is 382 g/mol. The highest BCUT2D eigenvalue weighted by atomic mass is 32.2. The molecule has 26 heavy (non-hydrogen) atoms. The van der Waals surface area contributed by atoms with Crippen molar-refractivity contribution in [1.82, 2.24) is 4.31 Å². The van der Waals surface area contributed by atoms with Crippen molar-refractivity contribution < 1.29 is 30.6 Å². The first kappa shape index (κ1) is 22.4. The van der Waals surface area contributed by atoms with Crippen LogP contribution in [0.4, 0.5) is 4.79 Å². The summed E-state index contributed by atoms with van der Waals surface area (Å²) >= 11 is 0. The minimum atomic E-state index is -4.16. The van der Waals surface area contributed by atoms with E-state index in [-0.39, 0.29) is 18.0 Å². The van der Waals surface area contributed by atoms with Gasteiger partial charge in [-0.05, 0) is 44.9 Å². The third-order valence-electron chi connectivity index (χ3n) is 2.95. The molecule has 0 atom stereocenters. The molecule has 0 aliphatic heterocycles. The molecule has 1 rings (SSSR count). The number of amides is 1. The average Bonchev–Trinajstić information content (AvgIpc) is 2.48. The summed E-state index contributed by atoms with van der Waals surface area (Å²) < 4.78 is 58.5. The van der Waals surface area contributed by atoms with Crippen LogP contribution in [-0.4, -0.2) is 45.6 Å². The van der Waals surface area contributed by atoms with Crippen LogP contribution < -0.4 is 0 Å². The van der Waals surface area contributed by atoms with E-state index in [1.54, 1.807) is 27.7 Å². The number of hydrogen-bond donors (Lipinski definition) is 0. The number of rotatable bonds is 7. The summed E-state index contributed by atoms with van der Waals surface area (Å²) in [6, 6.07) is 5.58. The van der Waals surface area contributed by atoms with E-state index in [1.165, 1.54) is 24.3 Å². The van der Waals surface area contributed by atoms with Crippen LogP contribution in [0, 0.1) is 0 Å². The lowest BCUT2D eigenvalue weighted by Crippen LogP contribution is -2.41. The molecule has 0 bridgehead atoms. The number of nitrogens with zero attached hydrogens (tertiary/aromatic N) is 1. The predicted molar refractivity (Wildman–Crippen MR) is 96.5 cm³/mol. The van der Waals surface area contributed by atoms with Gasteiger partial charge in [0.05, 0.1) is 17.8 Å². The maximum atomic E-state index is 12.9. The lowest BCUT2D eigenvalue weighted by molar-refractivity contribution is 0.0391. The van der Waals surface area contributed by atoms with Crippen molar-refractivity contribution in [2.75, 3.05) is 12.8 Å². The third-order valence-corrected chi connectivity index (χ3v) is 5.26. The molecule has 0 N–H and O–H groups in total. The molecule has 0 aromatic heterocycles. The first-order valence-corrected chi connectivity index (χ1v) is 11.2. The van der Waals surface area contributed by atoms with Gasteiger partial charge in [-0.2, -0.15) is 8.42 Å². The Hall–Kier alpha value is -1.65. The Labute approximate surface area is 155 Å². The first-order chi connectivity index (χ1) is 11.8. The van der Waals surface area contributed by atoms with Crippen molar-refractivity contribution in [3.05, 3.63) is 29.8 Å². The molecule has 10 heteroatoms. The molecule has 0 heterocycles. The fourth-order valence-electron chi connectivity index (χ4n) is 1.92. The monoisotopic (exact) mass is 407 g/mol. The third kappa shape index (κ3) is 6.93. The summed E-state index contributed by atoms with van der Waals surface area (Å²) in [4.78, 5) is 12.2. The van der Waals surface area contributed by atoms with Crippen LogP contribution in [0.5, 0.6) is 0 Å². The van der Waals surface area contributed by atoms with E-state index in [1.807, 2.05) is 0 Å². The van der Waals surface area contributed by atoms with Crippen molar-refractivity contribution in [3.63, 3.8) is 0 Å². The Morgan fingerprint density at radius 1 is 1.15 bits per heavy atom. The summed E-state index contributed by atoms with van der Waals surface area (Å²) in [5.41, 5.74) is -0.499. The smallest absolute Gasteiger partial charge is 0.424 e. The highest BCUT2D eigenvalue weighted by Gasteiger charge is 2.32. The molecule has 0 unspecified atom stereocenters. The average molecular weight is 408 g/mol. The van der Waals surface area contributed by atoms with Gasteiger partial charge in [-0.1, -0.05) is 19.1 Å². The molecule has 0 saturated carbocycles. The van der Waals surface area contributed by atoms with E-state index < -0.39 is 31.8 Å². The summed E-state index contributed by atoms with van der Waals surface area (Å²) in [6.45, 7) is 6.33. The van der Waals surface area contributed by atoms with Crippen molar-refractivity contribution >= 4 is 26.2 Å². The Morgan fingerprint density at radius 3 is 2.27 bits per heavy atom. The maximum Gasteiger partial charge on any atom is 0.424 e. The largest absolute Gasteiger partial charge is 0.443 e. The second kappa shape index (κ2) is 8.36. The highest BCUT2D eigenvalue weighted by molar-refractivity contribution is 7.89. The molecule has 0 fully saturated rings. The minimum Gasteiger partial charge on any atom is -0.443 e. The quantitative estimate of drug-likeness (QED) is 0.639. The standard InChI is InChI=1S/C16H25NO7S2/c1-6-10-17(15(18)24-16(2,3)4)26(21,22)14-9-7-8-13(11-14)12-23-25(5,19)20/h7-9,11H,6,10,12H2,1-5H3. The Bertz CT molecular complexity index is 840. The number of hydrogen-bond acceptors (Lipinski definition) is 7. The van der Waals surface area contributed by atoms with E-state index in [9.17, 15) is 21.6 Å². The Balaban J connectivity index is 3.18. The van der Waals surface area contributed by atoms with Gasteiger partial charge >= 0.3 is 6.09 Å². The zero-order valence-corrected chi connectivity index (χ0v) is 17.2. The van der Waals surface area contributed by atoms with Crippen LogP contribution in [0.25, 0.3) is 0 Å². The van der Waals surface area contributed by atoms with Crippen molar-refractivity contribution in [2.24, 2.45) is 0 Å². The van der Waals surface area contributed by atoms with Gasteiger partial charge < -0.3 is 4.74 Å². The van der Waals surface area contributed by atoms with Crippen LogP contribution >= 0.6 is 0 Å². The molecule has 0 aliphatic carbocycles. The molecule has 0 spiro atoms. The molecule has 0 aliphatic rings. The molecule has 148 valence electrons. The number of ether oxygens (including phenoxy) is 1. The molecule has 1 aromatic rings. The van der Waals surface area contributed by atoms with E-state index in [2.05, 4.69) is 4.18 Å². The minimum absolute atomic E-state index is 0.0404. The Morgan fingerprint density at radius 2 is 1.77 bits per heavy atom. The van der Waals surface area contributed by atoms with Crippen LogP contribution in [-0.2, 0) is 35.7 Å². The topological polar surface area (TPSA) is 107 Å². The van der Waals surface area contributed by atoms with E-state index >= 15 is 0 Å². The molecule has 1 aromatic carbocycles. The van der Waals surface area contributed by atoms with Gasteiger partial charge in [0, 0.05) is 6.54 Å². The zero-order chi connectivity index (χ0) is 20.2. The van der Waals surface area contributed by atoms with Crippen LogP contribution in [0.2, 0.25) is 0 Å². The molecule has 8 nitrogen and oxygen atoms in total. The van der Waals surface area contributed by atoms with E-state index in [0.717, 1.165) is 6.26 Å². The SMILES string of the molecule is CCCN(C(=O)OC(C)(C)C)S(=O)(=O)c1cccc(COS(C)(=O)=O)c1. The van der Waals surface area contributed by atoms with E-state index in [4.69, 9.17) is 4.74 Å². The lowest BCUT2D eigenvalue weighted by Gasteiger charge is -2.26. The van der Waals surface area contributed by atoms with Gasteiger partial charge in [0.25, 0.3) is 20.1 Å². The fraction of sp³-hybridized carbons (Fsp3) is 0.562. The summed E-state index contributed by atoms with van der Waals surface area (Å²) in [6.07, 6.45) is 0.353. The highest BCUT2D eigenvalue weighted by Crippen LogP contribution is 2.21. The van der Waals surface area contributed by atoms with Crippen molar-refractivity contribution in [1.29, 1.82) is 0 Å². The first-order valence-electron chi connectivity index (χ1n) is 7.95. The van der Waals surface area contributed by atoms with Gasteiger partial charge in [-0.25, -0.2) is 17.5 Å². The number of sulfonamides is 1. The van der Waals surface area contributed by atoms with Crippen molar-refractivity contribution in [3.8, 4) is 0 Å². The fourth-order valence-corrected chi connectivity index (χ4v) is 3.74. The normalized spacial score (nSPS) is 12.7. The second-order valence-corrected chi connectivity index (χ2v) is 10.2. The van der Waals surface area contributed by atoms with Crippen LogP contribution in [0.15, 0.2) is 29.2 Å². The number of carbonyl (C=O) groups is 1. The van der Waals surface area contributed by atoms with Crippen LogP contribution in [0.3, 0.4) is 0 Å². The molecular formula is C16H25NO7S2. The summed E-state index contributed by atoms with van der Waals surface area (Å²) in [5, 5.41) is 0. The number of benzene rings is 1. The summed E-state index contributed by atoms with van der Waals surface area (Å²) in [5.74, 6) is 0. The van der Waals surface area contributed by atoms with Crippen molar-refractivity contribution in [2.45, 2.75) is 51.2 Å². The van der Waals surface area contributed by atoms with Gasteiger partial charge in [0.15, 0.2) is 0 Å². The molecule has 1 amide bonds. The zero-order valence-electron chi connectivity index (χ0n) is 15.6. The van der Waals surface area contributed by atoms with Gasteiger partial charge in [0.1, 0.15) is 5.60 Å². The van der Waals surface area contributed by atoms with Gasteiger partial charge in [0.2, 0.25) is 0 Å². The van der Waals surface area contributed by atoms with Crippen LogP contribution in [0.1, 0.15) is 39.7 Å². The maximum absolute atomic E-state index is 12.9.